The molecule has 0 bridgehead atoms. The lowest BCUT2D eigenvalue weighted by atomic mass is 9.95. The molecule has 0 aliphatic heterocycles. The Morgan fingerprint density at radius 3 is 2.35 bits per heavy atom. The first kappa shape index (κ1) is 12.7. The van der Waals surface area contributed by atoms with Crippen molar-refractivity contribution in [2.45, 2.75) is 12.6 Å². The highest BCUT2D eigenvalue weighted by atomic mass is 19.4. The molecule has 17 heavy (non-hydrogen) atoms. The molecule has 0 saturated carbocycles. The van der Waals surface area contributed by atoms with Crippen LogP contribution in [0.4, 0.5) is 13.2 Å². The molecule has 0 saturated heterocycles. The number of halogens is 3. The van der Waals surface area contributed by atoms with Crippen molar-refractivity contribution in [1.29, 1.82) is 10.5 Å². The topological polar surface area (TPSA) is 64.7 Å². The van der Waals surface area contributed by atoms with Gasteiger partial charge in [-0.05, 0) is 11.6 Å². The van der Waals surface area contributed by atoms with E-state index < -0.39 is 22.9 Å². The second-order valence-electron chi connectivity index (χ2n) is 3.12. The number of rotatable bonds is 2. The van der Waals surface area contributed by atoms with Crippen LogP contribution in [0.5, 0.6) is 0 Å². The molecule has 0 spiro atoms. The summed E-state index contributed by atoms with van der Waals surface area (Å²) in [6.45, 7) is 0. The SMILES string of the molecule is N#CCc1ccc(C#N)c(C(F)(F)F)c1C=O. The maximum absolute atomic E-state index is 12.7. The van der Waals surface area contributed by atoms with E-state index in [4.69, 9.17) is 10.5 Å². The molecule has 0 aromatic heterocycles. The number of hydrogen-bond acceptors (Lipinski definition) is 3. The van der Waals surface area contributed by atoms with Gasteiger partial charge in [-0.3, -0.25) is 4.79 Å². The second-order valence-corrected chi connectivity index (χ2v) is 3.12. The molecule has 6 heteroatoms. The van der Waals surface area contributed by atoms with Gasteiger partial charge >= 0.3 is 6.18 Å². The maximum atomic E-state index is 12.7. The molecule has 0 atom stereocenters. The van der Waals surface area contributed by atoms with Crippen molar-refractivity contribution in [2.75, 3.05) is 0 Å². The van der Waals surface area contributed by atoms with E-state index in [-0.39, 0.29) is 18.3 Å². The molecule has 0 amide bonds. The van der Waals surface area contributed by atoms with E-state index in [0.717, 1.165) is 6.07 Å². The molecule has 3 nitrogen and oxygen atoms in total. The largest absolute Gasteiger partial charge is 0.418 e. The highest BCUT2D eigenvalue weighted by molar-refractivity contribution is 5.81. The molecule has 1 aromatic rings. The van der Waals surface area contributed by atoms with Gasteiger partial charge in [-0.25, -0.2) is 0 Å². The Morgan fingerprint density at radius 2 is 1.94 bits per heavy atom. The zero-order chi connectivity index (χ0) is 13.1. The smallest absolute Gasteiger partial charge is 0.298 e. The Labute approximate surface area is 94.7 Å². The van der Waals surface area contributed by atoms with E-state index in [9.17, 15) is 18.0 Å². The van der Waals surface area contributed by atoms with Crippen molar-refractivity contribution in [3.8, 4) is 12.1 Å². The van der Waals surface area contributed by atoms with Gasteiger partial charge in [0.15, 0.2) is 6.29 Å². The van der Waals surface area contributed by atoms with E-state index in [0.29, 0.717) is 0 Å². The summed E-state index contributed by atoms with van der Waals surface area (Å²) in [7, 11) is 0. The molecule has 0 aliphatic rings. The number of aldehydes is 1. The third-order valence-electron chi connectivity index (χ3n) is 2.13. The van der Waals surface area contributed by atoms with Crippen molar-refractivity contribution in [2.24, 2.45) is 0 Å². The van der Waals surface area contributed by atoms with E-state index in [1.54, 1.807) is 6.07 Å². The standard InChI is InChI=1S/C11H5F3N2O/c12-11(13,14)10-8(5-16)2-1-7(3-4-15)9(10)6-17/h1-2,6H,3H2. The molecular formula is C11H5F3N2O. The van der Waals surface area contributed by atoms with E-state index in [1.807, 2.05) is 0 Å². The lowest BCUT2D eigenvalue weighted by Gasteiger charge is -2.13. The molecule has 1 rings (SSSR count). The van der Waals surface area contributed by atoms with Gasteiger partial charge in [0.2, 0.25) is 0 Å². The van der Waals surface area contributed by atoms with E-state index in [2.05, 4.69) is 0 Å². The van der Waals surface area contributed by atoms with Gasteiger partial charge in [-0.15, -0.1) is 0 Å². The normalized spacial score (nSPS) is 10.4. The summed E-state index contributed by atoms with van der Waals surface area (Å²) < 4.78 is 38.1. The molecular weight excluding hydrogens is 233 g/mol. The zero-order valence-electron chi connectivity index (χ0n) is 8.38. The third kappa shape index (κ3) is 2.43. The first-order valence-electron chi connectivity index (χ1n) is 4.41. The van der Waals surface area contributed by atoms with E-state index >= 15 is 0 Å². The summed E-state index contributed by atoms with van der Waals surface area (Å²) in [5.74, 6) is 0. The third-order valence-corrected chi connectivity index (χ3v) is 2.13. The molecule has 0 aliphatic carbocycles. The van der Waals surface area contributed by atoms with Gasteiger partial charge in [0.05, 0.1) is 29.7 Å². The zero-order valence-corrected chi connectivity index (χ0v) is 8.38. The summed E-state index contributed by atoms with van der Waals surface area (Å²) in [6.07, 6.45) is -5.09. The molecule has 0 fully saturated rings. The maximum Gasteiger partial charge on any atom is 0.418 e. The molecule has 1 aromatic carbocycles. The predicted octanol–water partition coefficient (Wildman–Crippen LogP) is 2.46. The molecule has 0 radical (unpaired) electrons. The number of carbonyl (C=O) groups excluding carboxylic acids is 1. The Morgan fingerprint density at radius 1 is 1.29 bits per heavy atom. The Hall–Kier alpha value is -2.34. The van der Waals surface area contributed by atoms with Crippen LogP contribution in [-0.4, -0.2) is 6.29 Å². The quantitative estimate of drug-likeness (QED) is 0.743. The summed E-state index contributed by atoms with van der Waals surface area (Å²) in [6, 6.07) is 5.19. The molecule has 0 N–H and O–H groups in total. The van der Waals surface area contributed by atoms with Crippen LogP contribution in [0.1, 0.15) is 27.0 Å². The monoisotopic (exact) mass is 238 g/mol. The van der Waals surface area contributed by atoms with Crippen LogP contribution in [0.25, 0.3) is 0 Å². The molecule has 0 heterocycles. The van der Waals surface area contributed by atoms with Crippen molar-refractivity contribution in [1.82, 2.24) is 0 Å². The minimum absolute atomic E-state index is 0.0241. The van der Waals surface area contributed by atoms with Crippen molar-refractivity contribution in [3.63, 3.8) is 0 Å². The fourth-order valence-corrected chi connectivity index (χ4v) is 1.44. The Balaban J connectivity index is 3.63. The van der Waals surface area contributed by atoms with Crippen LogP contribution in [0.15, 0.2) is 12.1 Å². The lowest BCUT2D eigenvalue weighted by Crippen LogP contribution is -2.13. The number of hydrogen-bond donors (Lipinski definition) is 0. The summed E-state index contributed by atoms with van der Waals surface area (Å²) in [4.78, 5) is 10.7. The number of alkyl halides is 3. The molecule has 86 valence electrons. The highest BCUT2D eigenvalue weighted by Gasteiger charge is 2.37. The summed E-state index contributed by atoms with van der Waals surface area (Å²) in [5.41, 5.74) is -2.57. The van der Waals surface area contributed by atoms with Gasteiger partial charge in [-0.2, -0.15) is 23.7 Å². The Bertz CT molecular complexity index is 535. The van der Waals surface area contributed by atoms with Gasteiger partial charge in [0.1, 0.15) is 0 Å². The van der Waals surface area contributed by atoms with Crippen LogP contribution >= 0.6 is 0 Å². The van der Waals surface area contributed by atoms with Crippen molar-refractivity contribution >= 4 is 6.29 Å². The van der Waals surface area contributed by atoms with Crippen LogP contribution in [0.3, 0.4) is 0 Å². The van der Waals surface area contributed by atoms with Gasteiger partial charge in [0.25, 0.3) is 0 Å². The fourth-order valence-electron chi connectivity index (χ4n) is 1.44. The number of nitrogens with zero attached hydrogens (tertiary/aromatic N) is 2. The number of benzene rings is 1. The minimum Gasteiger partial charge on any atom is -0.298 e. The van der Waals surface area contributed by atoms with Crippen molar-refractivity contribution in [3.05, 3.63) is 34.4 Å². The Kier molecular flexibility index (Phi) is 3.49. The first-order valence-corrected chi connectivity index (χ1v) is 4.41. The van der Waals surface area contributed by atoms with Crippen LogP contribution in [-0.2, 0) is 12.6 Å². The van der Waals surface area contributed by atoms with Crippen LogP contribution in [0, 0.1) is 22.7 Å². The number of nitriles is 2. The van der Waals surface area contributed by atoms with Gasteiger partial charge in [0, 0.05) is 5.56 Å². The van der Waals surface area contributed by atoms with Gasteiger partial charge < -0.3 is 0 Å². The predicted molar refractivity (Wildman–Crippen MR) is 50.9 cm³/mol. The van der Waals surface area contributed by atoms with Crippen molar-refractivity contribution < 1.29 is 18.0 Å². The van der Waals surface area contributed by atoms with Crippen LogP contribution in [0.2, 0.25) is 0 Å². The van der Waals surface area contributed by atoms with Crippen LogP contribution < -0.4 is 0 Å². The average Bonchev–Trinajstić information content (AvgIpc) is 2.27. The minimum atomic E-state index is -4.80. The number of carbonyl (C=O) groups is 1. The van der Waals surface area contributed by atoms with Gasteiger partial charge in [-0.1, -0.05) is 6.07 Å². The summed E-state index contributed by atoms with van der Waals surface area (Å²) in [5, 5.41) is 17.0. The summed E-state index contributed by atoms with van der Waals surface area (Å²) >= 11 is 0. The lowest BCUT2D eigenvalue weighted by molar-refractivity contribution is -0.138. The highest BCUT2D eigenvalue weighted by Crippen LogP contribution is 2.35. The second kappa shape index (κ2) is 4.67. The molecule has 0 unspecified atom stereocenters. The average molecular weight is 238 g/mol. The first-order chi connectivity index (χ1) is 7.95. The fraction of sp³-hybridized carbons (Fsp3) is 0.182. The van der Waals surface area contributed by atoms with E-state index in [1.165, 1.54) is 12.1 Å².